The number of amides is 2. The Kier molecular flexibility index (Phi) is 6.10. The van der Waals surface area contributed by atoms with Gasteiger partial charge < -0.3 is 20.7 Å². The molecule has 0 fully saturated rings. The van der Waals surface area contributed by atoms with Crippen molar-refractivity contribution in [3.63, 3.8) is 0 Å². The highest BCUT2D eigenvalue weighted by atomic mass is 19.1. The second-order valence-corrected chi connectivity index (χ2v) is 3.76. The standard InChI is InChI=1S/C12H18FN3O2/c1-16(7-9-18-8-6-14)12(17)15-11-4-2-10(13)3-5-11/h2-5H,6-9,14H2,1H3,(H,15,17). The first-order valence-electron chi connectivity index (χ1n) is 5.69. The van der Waals surface area contributed by atoms with E-state index in [2.05, 4.69) is 5.32 Å². The zero-order valence-corrected chi connectivity index (χ0v) is 10.4. The molecule has 0 saturated carbocycles. The summed E-state index contributed by atoms with van der Waals surface area (Å²) >= 11 is 0. The Morgan fingerprint density at radius 2 is 2.06 bits per heavy atom. The molecule has 18 heavy (non-hydrogen) atoms. The Balaban J connectivity index is 2.33. The molecule has 1 aromatic carbocycles. The highest BCUT2D eigenvalue weighted by molar-refractivity contribution is 5.89. The minimum absolute atomic E-state index is 0.266. The van der Waals surface area contributed by atoms with E-state index in [1.54, 1.807) is 7.05 Å². The maximum atomic E-state index is 12.7. The third-order valence-electron chi connectivity index (χ3n) is 2.28. The zero-order valence-electron chi connectivity index (χ0n) is 10.4. The van der Waals surface area contributed by atoms with Crippen LogP contribution in [0, 0.1) is 5.82 Å². The number of hydrogen-bond donors (Lipinski definition) is 2. The number of halogens is 1. The van der Waals surface area contributed by atoms with E-state index in [4.69, 9.17) is 10.5 Å². The summed E-state index contributed by atoms with van der Waals surface area (Å²) in [5.74, 6) is -0.337. The fourth-order valence-corrected chi connectivity index (χ4v) is 1.24. The Hall–Kier alpha value is -1.66. The molecule has 100 valence electrons. The van der Waals surface area contributed by atoms with Gasteiger partial charge >= 0.3 is 6.03 Å². The van der Waals surface area contributed by atoms with E-state index in [0.29, 0.717) is 32.0 Å². The summed E-state index contributed by atoms with van der Waals surface area (Å²) in [6.07, 6.45) is 0. The van der Waals surface area contributed by atoms with Gasteiger partial charge in [-0.3, -0.25) is 0 Å². The number of likely N-dealkylation sites (N-methyl/N-ethyl adjacent to an activating group) is 1. The van der Waals surface area contributed by atoms with E-state index in [1.165, 1.54) is 29.2 Å². The van der Waals surface area contributed by atoms with Crippen LogP contribution in [0.3, 0.4) is 0 Å². The van der Waals surface area contributed by atoms with Gasteiger partial charge in [0.15, 0.2) is 0 Å². The number of urea groups is 1. The van der Waals surface area contributed by atoms with E-state index in [9.17, 15) is 9.18 Å². The van der Waals surface area contributed by atoms with Gasteiger partial charge in [-0.25, -0.2) is 9.18 Å². The molecule has 0 bridgehead atoms. The highest BCUT2D eigenvalue weighted by Crippen LogP contribution is 2.08. The fourth-order valence-electron chi connectivity index (χ4n) is 1.24. The molecule has 5 nitrogen and oxygen atoms in total. The molecule has 1 rings (SSSR count). The largest absolute Gasteiger partial charge is 0.378 e. The van der Waals surface area contributed by atoms with E-state index in [1.807, 2.05) is 0 Å². The van der Waals surface area contributed by atoms with E-state index < -0.39 is 0 Å². The Labute approximate surface area is 106 Å². The molecular formula is C12H18FN3O2. The predicted octanol–water partition coefficient (Wildman–Crippen LogP) is 1.26. The molecule has 1 aromatic rings. The number of nitrogens with two attached hydrogens (primary N) is 1. The molecule has 0 aromatic heterocycles. The molecule has 0 aliphatic rings. The van der Waals surface area contributed by atoms with Gasteiger partial charge in [-0.05, 0) is 24.3 Å². The number of hydrogen-bond acceptors (Lipinski definition) is 3. The van der Waals surface area contributed by atoms with E-state index in [0.717, 1.165) is 0 Å². The van der Waals surface area contributed by atoms with Gasteiger partial charge in [0, 0.05) is 25.8 Å². The predicted molar refractivity (Wildman–Crippen MR) is 67.9 cm³/mol. The number of benzene rings is 1. The maximum Gasteiger partial charge on any atom is 0.321 e. The molecule has 0 aliphatic carbocycles. The van der Waals surface area contributed by atoms with Crippen LogP contribution in [0.15, 0.2) is 24.3 Å². The van der Waals surface area contributed by atoms with Crippen LogP contribution >= 0.6 is 0 Å². The van der Waals surface area contributed by atoms with Crippen LogP contribution < -0.4 is 11.1 Å². The SMILES string of the molecule is CN(CCOCCN)C(=O)Nc1ccc(F)cc1. The van der Waals surface area contributed by atoms with Crippen molar-refractivity contribution >= 4 is 11.7 Å². The van der Waals surface area contributed by atoms with E-state index >= 15 is 0 Å². The van der Waals surface area contributed by atoms with Crippen molar-refractivity contribution in [3.8, 4) is 0 Å². The zero-order chi connectivity index (χ0) is 13.4. The van der Waals surface area contributed by atoms with Crippen molar-refractivity contribution in [2.75, 3.05) is 38.7 Å². The highest BCUT2D eigenvalue weighted by Gasteiger charge is 2.08. The number of carbonyl (C=O) groups is 1. The summed E-state index contributed by atoms with van der Waals surface area (Å²) in [4.78, 5) is 13.2. The quantitative estimate of drug-likeness (QED) is 0.752. The first-order chi connectivity index (χ1) is 8.63. The Morgan fingerprint density at radius 3 is 2.67 bits per heavy atom. The van der Waals surface area contributed by atoms with Crippen molar-refractivity contribution in [2.24, 2.45) is 5.73 Å². The minimum atomic E-state index is -0.337. The molecule has 0 atom stereocenters. The summed E-state index contributed by atoms with van der Waals surface area (Å²) in [6.45, 7) is 1.84. The average molecular weight is 255 g/mol. The van der Waals surface area contributed by atoms with Gasteiger partial charge in [-0.15, -0.1) is 0 Å². The monoisotopic (exact) mass is 255 g/mol. The van der Waals surface area contributed by atoms with Crippen molar-refractivity contribution in [1.29, 1.82) is 0 Å². The van der Waals surface area contributed by atoms with E-state index in [-0.39, 0.29) is 11.8 Å². The van der Waals surface area contributed by atoms with Gasteiger partial charge in [-0.1, -0.05) is 0 Å². The fraction of sp³-hybridized carbons (Fsp3) is 0.417. The number of rotatable bonds is 6. The second-order valence-electron chi connectivity index (χ2n) is 3.76. The molecule has 0 spiro atoms. The van der Waals surface area contributed by atoms with Gasteiger partial charge in [0.1, 0.15) is 5.82 Å². The van der Waals surface area contributed by atoms with Crippen LogP contribution in [-0.4, -0.2) is 44.3 Å². The van der Waals surface area contributed by atoms with Crippen LogP contribution in [-0.2, 0) is 4.74 Å². The molecule has 0 radical (unpaired) electrons. The summed E-state index contributed by atoms with van der Waals surface area (Å²) < 4.78 is 17.8. The smallest absolute Gasteiger partial charge is 0.321 e. The third kappa shape index (κ3) is 5.11. The number of ether oxygens (including phenoxy) is 1. The first-order valence-corrected chi connectivity index (χ1v) is 5.69. The van der Waals surface area contributed by atoms with Crippen molar-refractivity contribution in [3.05, 3.63) is 30.1 Å². The molecule has 6 heteroatoms. The summed E-state index contributed by atoms with van der Waals surface area (Å²) in [6, 6.07) is 5.33. The lowest BCUT2D eigenvalue weighted by Crippen LogP contribution is -2.34. The van der Waals surface area contributed by atoms with Crippen molar-refractivity contribution in [2.45, 2.75) is 0 Å². The van der Waals surface area contributed by atoms with Crippen molar-refractivity contribution < 1.29 is 13.9 Å². The molecule has 0 aliphatic heterocycles. The molecule has 0 saturated heterocycles. The number of carbonyl (C=O) groups excluding carboxylic acids is 1. The maximum absolute atomic E-state index is 12.7. The molecule has 0 unspecified atom stereocenters. The number of nitrogens with one attached hydrogen (secondary N) is 1. The topological polar surface area (TPSA) is 67.6 Å². The lowest BCUT2D eigenvalue weighted by atomic mass is 10.3. The normalized spacial score (nSPS) is 10.2. The van der Waals surface area contributed by atoms with Crippen molar-refractivity contribution in [1.82, 2.24) is 4.90 Å². The third-order valence-corrected chi connectivity index (χ3v) is 2.28. The lowest BCUT2D eigenvalue weighted by Gasteiger charge is -2.17. The van der Waals surface area contributed by atoms with Crippen LogP contribution in [0.5, 0.6) is 0 Å². The summed E-state index contributed by atoms with van der Waals surface area (Å²) in [5.41, 5.74) is 5.82. The van der Waals surface area contributed by atoms with Gasteiger partial charge in [-0.2, -0.15) is 0 Å². The summed E-state index contributed by atoms with van der Waals surface area (Å²) in [5, 5.41) is 2.65. The number of nitrogens with zero attached hydrogens (tertiary/aromatic N) is 1. The Morgan fingerprint density at radius 1 is 1.39 bits per heavy atom. The second kappa shape index (κ2) is 7.62. The Bertz CT molecular complexity index is 370. The average Bonchev–Trinajstić information content (AvgIpc) is 2.37. The minimum Gasteiger partial charge on any atom is -0.378 e. The van der Waals surface area contributed by atoms with Crippen LogP contribution in [0.2, 0.25) is 0 Å². The number of anilines is 1. The molecule has 2 amide bonds. The summed E-state index contributed by atoms with van der Waals surface area (Å²) in [7, 11) is 1.66. The molecular weight excluding hydrogens is 237 g/mol. The van der Waals surface area contributed by atoms with Crippen LogP contribution in [0.25, 0.3) is 0 Å². The van der Waals surface area contributed by atoms with Crippen LogP contribution in [0.4, 0.5) is 14.9 Å². The lowest BCUT2D eigenvalue weighted by molar-refractivity contribution is 0.124. The van der Waals surface area contributed by atoms with Gasteiger partial charge in [0.05, 0.1) is 13.2 Å². The molecule has 3 N–H and O–H groups in total. The van der Waals surface area contributed by atoms with Gasteiger partial charge in [0.2, 0.25) is 0 Å². The molecule has 0 heterocycles. The van der Waals surface area contributed by atoms with Crippen LogP contribution in [0.1, 0.15) is 0 Å². The first kappa shape index (κ1) is 14.4. The van der Waals surface area contributed by atoms with Gasteiger partial charge in [0.25, 0.3) is 0 Å².